The van der Waals surface area contributed by atoms with Crippen LogP contribution in [0, 0.1) is 0 Å². The Morgan fingerprint density at radius 3 is 2.70 bits per heavy atom. The van der Waals surface area contributed by atoms with E-state index in [1.807, 2.05) is 47.4 Å². The minimum Gasteiger partial charge on any atom is -0.492 e. The summed E-state index contributed by atoms with van der Waals surface area (Å²) in [5.74, 6) is 1.35. The minimum absolute atomic E-state index is 0.00876. The second-order valence-electron chi connectivity index (χ2n) is 7.54. The molecule has 0 radical (unpaired) electrons. The molecule has 5 heteroatoms. The molecular formula is C22H22N2O3. The molecular weight excluding hydrogens is 340 g/mol. The summed E-state index contributed by atoms with van der Waals surface area (Å²) in [6, 6.07) is 15.8. The van der Waals surface area contributed by atoms with Crippen LogP contribution >= 0.6 is 0 Å². The average molecular weight is 362 g/mol. The number of amides is 1. The lowest BCUT2D eigenvalue weighted by Gasteiger charge is -2.38. The Morgan fingerprint density at radius 2 is 1.93 bits per heavy atom. The number of carbonyl (C=O) groups excluding carboxylic acids is 1. The van der Waals surface area contributed by atoms with E-state index < -0.39 is 0 Å². The number of nitrogens with two attached hydrogens (primary N) is 1. The van der Waals surface area contributed by atoms with Gasteiger partial charge < -0.3 is 19.8 Å². The van der Waals surface area contributed by atoms with Crippen LogP contribution in [0.2, 0.25) is 0 Å². The number of likely N-dealkylation sites (tertiary alicyclic amines) is 1. The van der Waals surface area contributed by atoms with Crippen LogP contribution in [0.15, 0.2) is 52.9 Å². The number of carbonyl (C=O) groups is 1. The van der Waals surface area contributed by atoms with Crippen molar-refractivity contribution in [3.05, 3.63) is 65.4 Å². The monoisotopic (exact) mass is 362 g/mol. The Hall–Kier alpha value is -2.79. The largest absolute Gasteiger partial charge is 0.492 e. The molecule has 2 aromatic carbocycles. The molecule has 2 aliphatic heterocycles. The molecule has 0 saturated carbocycles. The Kier molecular flexibility index (Phi) is 3.72. The molecule has 1 saturated heterocycles. The van der Waals surface area contributed by atoms with Crippen LogP contribution in [0.5, 0.6) is 5.75 Å². The summed E-state index contributed by atoms with van der Waals surface area (Å²) in [5.41, 5.74) is 8.93. The number of furan rings is 1. The van der Waals surface area contributed by atoms with E-state index in [-0.39, 0.29) is 11.3 Å². The van der Waals surface area contributed by atoms with E-state index in [4.69, 9.17) is 14.9 Å². The van der Waals surface area contributed by atoms with Gasteiger partial charge >= 0.3 is 0 Å². The van der Waals surface area contributed by atoms with Crippen LogP contribution < -0.4 is 10.5 Å². The van der Waals surface area contributed by atoms with Crippen molar-refractivity contribution in [1.82, 2.24) is 4.90 Å². The molecule has 1 amide bonds. The predicted octanol–water partition coefficient (Wildman–Crippen LogP) is 3.46. The van der Waals surface area contributed by atoms with Gasteiger partial charge in [-0.15, -0.1) is 0 Å². The van der Waals surface area contributed by atoms with Crippen LogP contribution in [0.4, 0.5) is 0 Å². The molecule has 2 N–H and O–H groups in total. The summed E-state index contributed by atoms with van der Waals surface area (Å²) in [6.07, 6.45) is 1.78. The van der Waals surface area contributed by atoms with Gasteiger partial charge in [0, 0.05) is 36.0 Å². The molecule has 5 rings (SSSR count). The number of rotatable bonds is 2. The normalized spacial score (nSPS) is 17.9. The summed E-state index contributed by atoms with van der Waals surface area (Å²) in [6.45, 7) is 2.61. The SMILES string of the molecule is NCc1ccc2c(c1)C1(CCN(C(=O)c3cc4ccccc4o3)CC1)CO2. The minimum atomic E-state index is -0.0316. The summed E-state index contributed by atoms with van der Waals surface area (Å²) in [5, 5.41) is 0.960. The maximum atomic E-state index is 12.9. The third kappa shape index (κ3) is 2.61. The van der Waals surface area contributed by atoms with Gasteiger partial charge in [-0.2, -0.15) is 0 Å². The lowest BCUT2D eigenvalue weighted by atomic mass is 9.74. The fraction of sp³-hybridized carbons (Fsp3) is 0.318. The second kappa shape index (κ2) is 6.13. The van der Waals surface area contributed by atoms with Gasteiger partial charge in [0.05, 0.1) is 6.61 Å². The first kappa shape index (κ1) is 16.4. The summed E-state index contributed by atoms with van der Waals surface area (Å²) in [4.78, 5) is 14.8. The quantitative estimate of drug-likeness (QED) is 0.758. The summed E-state index contributed by atoms with van der Waals surface area (Å²) in [7, 11) is 0. The average Bonchev–Trinajstić information content (AvgIpc) is 3.30. The van der Waals surface area contributed by atoms with Crippen molar-refractivity contribution in [2.75, 3.05) is 19.7 Å². The Balaban J connectivity index is 1.36. The molecule has 1 spiro atoms. The highest BCUT2D eigenvalue weighted by Gasteiger charge is 2.44. The number of para-hydroxylation sites is 1. The smallest absolute Gasteiger partial charge is 0.289 e. The number of benzene rings is 2. The number of hydrogen-bond donors (Lipinski definition) is 1. The fourth-order valence-corrected chi connectivity index (χ4v) is 4.33. The van der Waals surface area contributed by atoms with Crippen LogP contribution in [-0.4, -0.2) is 30.5 Å². The second-order valence-corrected chi connectivity index (χ2v) is 7.54. The highest BCUT2D eigenvalue weighted by molar-refractivity contribution is 5.96. The van der Waals surface area contributed by atoms with E-state index >= 15 is 0 Å². The summed E-state index contributed by atoms with van der Waals surface area (Å²) < 4.78 is 11.7. The van der Waals surface area contributed by atoms with Gasteiger partial charge in [-0.1, -0.05) is 30.3 Å². The third-order valence-corrected chi connectivity index (χ3v) is 6.00. The molecule has 3 aromatic rings. The Labute approximate surface area is 157 Å². The van der Waals surface area contributed by atoms with Gasteiger partial charge in [0.25, 0.3) is 5.91 Å². The van der Waals surface area contributed by atoms with Crippen molar-refractivity contribution in [3.63, 3.8) is 0 Å². The third-order valence-electron chi connectivity index (χ3n) is 6.00. The van der Waals surface area contributed by atoms with Crippen molar-refractivity contribution in [1.29, 1.82) is 0 Å². The van der Waals surface area contributed by atoms with Gasteiger partial charge in [-0.05, 0) is 36.6 Å². The maximum Gasteiger partial charge on any atom is 0.289 e. The molecule has 138 valence electrons. The zero-order chi connectivity index (χ0) is 18.4. The first-order chi connectivity index (χ1) is 13.2. The maximum absolute atomic E-state index is 12.9. The lowest BCUT2D eigenvalue weighted by Crippen LogP contribution is -2.46. The molecule has 5 nitrogen and oxygen atoms in total. The van der Waals surface area contributed by atoms with Crippen LogP contribution in [-0.2, 0) is 12.0 Å². The van der Waals surface area contributed by atoms with Gasteiger partial charge in [-0.3, -0.25) is 4.79 Å². The lowest BCUT2D eigenvalue weighted by molar-refractivity contribution is 0.0618. The van der Waals surface area contributed by atoms with Crippen LogP contribution in [0.25, 0.3) is 11.0 Å². The predicted molar refractivity (Wildman–Crippen MR) is 103 cm³/mol. The van der Waals surface area contributed by atoms with E-state index in [1.54, 1.807) is 0 Å². The molecule has 0 bridgehead atoms. The molecule has 1 aromatic heterocycles. The van der Waals surface area contributed by atoms with Gasteiger partial charge in [0.1, 0.15) is 11.3 Å². The molecule has 27 heavy (non-hydrogen) atoms. The standard InChI is InChI=1S/C22H22N2O3/c23-13-15-5-6-19-17(11-15)22(14-26-19)7-9-24(10-8-22)21(25)20-12-16-3-1-2-4-18(16)27-20/h1-6,11-12H,7-10,13-14,23H2. The molecule has 3 heterocycles. The van der Waals surface area contributed by atoms with E-state index in [1.165, 1.54) is 5.56 Å². The topological polar surface area (TPSA) is 68.7 Å². The van der Waals surface area contributed by atoms with Gasteiger partial charge in [-0.25, -0.2) is 0 Å². The van der Waals surface area contributed by atoms with Crippen molar-refractivity contribution in [2.24, 2.45) is 5.73 Å². The van der Waals surface area contributed by atoms with E-state index in [0.29, 0.717) is 32.0 Å². The molecule has 0 atom stereocenters. The number of hydrogen-bond acceptors (Lipinski definition) is 4. The van der Waals surface area contributed by atoms with Gasteiger partial charge in [0.15, 0.2) is 5.76 Å². The molecule has 0 unspecified atom stereocenters. The number of nitrogens with zero attached hydrogens (tertiary/aromatic N) is 1. The fourth-order valence-electron chi connectivity index (χ4n) is 4.33. The Bertz CT molecular complexity index is 982. The Morgan fingerprint density at radius 1 is 1.11 bits per heavy atom. The zero-order valence-electron chi connectivity index (χ0n) is 15.1. The number of piperidine rings is 1. The first-order valence-corrected chi connectivity index (χ1v) is 9.43. The molecule has 1 fully saturated rings. The number of ether oxygens (including phenoxy) is 1. The van der Waals surface area contributed by atoms with E-state index in [2.05, 4.69) is 6.07 Å². The van der Waals surface area contributed by atoms with Crippen molar-refractivity contribution in [3.8, 4) is 5.75 Å². The van der Waals surface area contributed by atoms with Crippen molar-refractivity contribution in [2.45, 2.75) is 24.8 Å². The zero-order valence-corrected chi connectivity index (χ0v) is 15.1. The van der Waals surface area contributed by atoms with Gasteiger partial charge in [0.2, 0.25) is 0 Å². The van der Waals surface area contributed by atoms with Crippen LogP contribution in [0.1, 0.15) is 34.5 Å². The van der Waals surface area contributed by atoms with Crippen LogP contribution in [0.3, 0.4) is 0 Å². The number of fused-ring (bicyclic) bond motifs is 3. The molecule has 0 aliphatic carbocycles. The van der Waals surface area contributed by atoms with Crippen molar-refractivity contribution >= 4 is 16.9 Å². The summed E-state index contributed by atoms with van der Waals surface area (Å²) >= 11 is 0. The molecule has 2 aliphatic rings. The van der Waals surface area contributed by atoms with Crippen molar-refractivity contribution < 1.29 is 13.9 Å². The highest BCUT2D eigenvalue weighted by Crippen LogP contribution is 2.46. The van der Waals surface area contributed by atoms with E-state index in [9.17, 15) is 4.79 Å². The highest BCUT2D eigenvalue weighted by atomic mass is 16.5. The first-order valence-electron chi connectivity index (χ1n) is 9.43. The van der Waals surface area contributed by atoms with E-state index in [0.717, 1.165) is 35.1 Å².